The van der Waals surface area contributed by atoms with Gasteiger partial charge in [0.2, 0.25) is 0 Å². The molecule has 0 amide bonds. The molecule has 0 unspecified atom stereocenters. The van der Waals surface area contributed by atoms with Gasteiger partial charge in [-0.05, 0) is 12.8 Å². The summed E-state index contributed by atoms with van der Waals surface area (Å²) in [6.45, 7) is 5.24. The van der Waals surface area contributed by atoms with Crippen LogP contribution >= 0.6 is 0 Å². The predicted molar refractivity (Wildman–Crippen MR) is 45.0 cm³/mol. The molecular weight excluding hydrogens is 136 g/mol. The molecule has 1 aliphatic carbocycles. The van der Waals surface area contributed by atoms with Gasteiger partial charge in [-0.1, -0.05) is 12.5 Å². The van der Waals surface area contributed by atoms with Gasteiger partial charge in [0.15, 0.2) is 0 Å². The first kappa shape index (κ1) is 8.29. The normalized spacial score (nSPS) is 19.9. The molecule has 60 valence electrons. The number of nitrogens with one attached hydrogen (secondary N) is 1. The molecule has 0 aromatic heterocycles. The molecule has 11 heavy (non-hydrogen) atoms. The predicted octanol–water partition coefficient (Wildman–Crippen LogP) is 1.46. The monoisotopic (exact) mass is 150 g/mol. The first-order valence-electron chi connectivity index (χ1n) is 4.06. The number of hydrogen-bond acceptors (Lipinski definition) is 2. The van der Waals surface area contributed by atoms with Crippen molar-refractivity contribution < 1.29 is 0 Å². The molecule has 1 aliphatic rings. The molecule has 2 nitrogen and oxygen atoms in total. The fourth-order valence-corrected chi connectivity index (χ4v) is 1.35. The number of nitriles is 1. The van der Waals surface area contributed by atoms with Gasteiger partial charge >= 0.3 is 0 Å². The van der Waals surface area contributed by atoms with Crippen molar-refractivity contribution in [2.45, 2.75) is 19.3 Å². The number of hydrogen-bond donors (Lipinski definition) is 1. The Balaban J connectivity index is 2.23. The Labute approximate surface area is 67.9 Å². The Morgan fingerprint density at radius 2 is 2.36 bits per heavy atom. The molecule has 0 bridgehead atoms. The van der Waals surface area contributed by atoms with Gasteiger partial charge in [-0.3, -0.25) is 0 Å². The van der Waals surface area contributed by atoms with E-state index in [1.54, 1.807) is 0 Å². The van der Waals surface area contributed by atoms with E-state index >= 15 is 0 Å². The third-order valence-corrected chi connectivity index (χ3v) is 2.30. The second kappa shape index (κ2) is 3.54. The van der Waals surface area contributed by atoms with E-state index < -0.39 is 0 Å². The molecule has 0 aliphatic heterocycles. The van der Waals surface area contributed by atoms with Crippen LogP contribution in [0.1, 0.15) is 19.3 Å². The highest BCUT2D eigenvalue weighted by molar-refractivity contribution is 5.06. The van der Waals surface area contributed by atoms with E-state index in [0.717, 1.165) is 25.9 Å². The summed E-state index contributed by atoms with van der Waals surface area (Å²) in [5.41, 5.74) is -0.0387. The lowest BCUT2D eigenvalue weighted by molar-refractivity contribution is 0.210. The van der Waals surface area contributed by atoms with Gasteiger partial charge in [0.1, 0.15) is 0 Å². The van der Waals surface area contributed by atoms with E-state index in [-0.39, 0.29) is 5.41 Å². The van der Waals surface area contributed by atoms with Crippen LogP contribution < -0.4 is 5.32 Å². The lowest BCUT2D eigenvalue weighted by Gasteiger charge is -2.35. The Hall–Kier alpha value is -0.810. The van der Waals surface area contributed by atoms with Gasteiger partial charge < -0.3 is 5.32 Å². The molecule has 1 fully saturated rings. The van der Waals surface area contributed by atoms with Gasteiger partial charge in [0.05, 0.1) is 11.5 Å². The van der Waals surface area contributed by atoms with Crippen molar-refractivity contribution in [1.29, 1.82) is 5.26 Å². The first-order chi connectivity index (χ1) is 5.33. The molecule has 1 N–H and O–H groups in total. The van der Waals surface area contributed by atoms with Crippen molar-refractivity contribution in [2.75, 3.05) is 13.1 Å². The van der Waals surface area contributed by atoms with Crippen molar-refractivity contribution in [3.8, 4) is 6.07 Å². The molecule has 1 saturated carbocycles. The average molecular weight is 150 g/mol. The quantitative estimate of drug-likeness (QED) is 0.486. The van der Waals surface area contributed by atoms with Crippen LogP contribution in [0.15, 0.2) is 12.7 Å². The van der Waals surface area contributed by atoms with Crippen molar-refractivity contribution in [2.24, 2.45) is 5.41 Å². The number of nitrogens with zero attached hydrogens (tertiary/aromatic N) is 1. The lowest BCUT2D eigenvalue weighted by Crippen LogP contribution is -2.38. The molecule has 0 spiro atoms. The molecule has 2 heteroatoms. The molecule has 0 heterocycles. The van der Waals surface area contributed by atoms with Gasteiger partial charge in [0, 0.05) is 13.1 Å². The summed E-state index contributed by atoms with van der Waals surface area (Å²) in [4.78, 5) is 0. The zero-order valence-electron chi connectivity index (χ0n) is 6.77. The summed E-state index contributed by atoms with van der Waals surface area (Å²) < 4.78 is 0. The Morgan fingerprint density at radius 3 is 2.73 bits per heavy atom. The van der Waals surface area contributed by atoms with E-state index in [4.69, 9.17) is 5.26 Å². The minimum Gasteiger partial charge on any atom is -0.312 e. The average Bonchev–Trinajstić information content (AvgIpc) is 1.95. The van der Waals surface area contributed by atoms with Crippen molar-refractivity contribution in [3.63, 3.8) is 0 Å². The third-order valence-electron chi connectivity index (χ3n) is 2.30. The zero-order valence-corrected chi connectivity index (χ0v) is 6.77. The van der Waals surface area contributed by atoms with Crippen LogP contribution in [0.4, 0.5) is 0 Å². The van der Waals surface area contributed by atoms with E-state index in [1.807, 2.05) is 6.08 Å². The van der Waals surface area contributed by atoms with E-state index in [9.17, 15) is 0 Å². The minimum absolute atomic E-state index is 0.0387. The van der Waals surface area contributed by atoms with Crippen LogP contribution in [0.5, 0.6) is 0 Å². The summed E-state index contributed by atoms with van der Waals surface area (Å²) in [6.07, 6.45) is 5.16. The van der Waals surface area contributed by atoms with Crippen LogP contribution in [0, 0.1) is 16.7 Å². The number of rotatable bonds is 4. The third kappa shape index (κ3) is 1.81. The second-order valence-electron chi connectivity index (χ2n) is 3.17. The van der Waals surface area contributed by atoms with Crippen LogP contribution in [0.25, 0.3) is 0 Å². The topological polar surface area (TPSA) is 35.8 Å². The highest BCUT2D eigenvalue weighted by Crippen LogP contribution is 2.39. The highest BCUT2D eigenvalue weighted by atomic mass is 14.9. The fourth-order valence-electron chi connectivity index (χ4n) is 1.35. The summed E-state index contributed by atoms with van der Waals surface area (Å²) in [6, 6.07) is 2.38. The maximum Gasteiger partial charge on any atom is 0.0703 e. The maximum atomic E-state index is 8.82. The van der Waals surface area contributed by atoms with E-state index in [2.05, 4.69) is 18.0 Å². The Bertz CT molecular complexity index is 174. The zero-order chi connectivity index (χ0) is 8.16. The Morgan fingerprint density at radius 1 is 1.64 bits per heavy atom. The van der Waals surface area contributed by atoms with Crippen molar-refractivity contribution >= 4 is 0 Å². The molecule has 0 saturated heterocycles. The van der Waals surface area contributed by atoms with Gasteiger partial charge in [0.25, 0.3) is 0 Å². The van der Waals surface area contributed by atoms with Gasteiger partial charge in [-0.15, -0.1) is 6.58 Å². The van der Waals surface area contributed by atoms with Crippen LogP contribution in [-0.2, 0) is 0 Å². The lowest BCUT2D eigenvalue weighted by atomic mass is 9.70. The Kier molecular flexibility index (Phi) is 2.67. The minimum atomic E-state index is -0.0387. The molecule has 0 atom stereocenters. The van der Waals surface area contributed by atoms with Crippen LogP contribution in [-0.4, -0.2) is 13.1 Å². The van der Waals surface area contributed by atoms with Crippen molar-refractivity contribution in [3.05, 3.63) is 12.7 Å². The molecule has 1 rings (SSSR count). The highest BCUT2D eigenvalue weighted by Gasteiger charge is 2.36. The van der Waals surface area contributed by atoms with Gasteiger partial charge in [-0.25, -0.2) is 0 Å². The van der Waals surface area contributed by atoms with E-state index in [1.165, 1.54) is 6.42 Å². The SMILES string of the molecule is C=CCNCC1(C#N)CCC1. The summed E-state index contributed by atoms with van der Waals surface area (Å²) in [5, 5.41) is 12.0. The maximum absolute atomic E-state index is 8.82. The smallest absolute Gasteiger partial charge is 0.0703 e. The van der Waals surface area contributed by atoms with Gasteiger partial charge in [-0.2, -0.15) is 5.26 Å². The second-order valence-corrected chi connectivity index (χ2v) is 3.17. The van der Waals surface area contributed by atoms with E-state index in [0.29, 0.717) is 0 Å². The standard InChI is InChI=1S/C9H14N2/c1-2-6-11-8-9(7-10)4-3-5-9/h2,11H,1,3-6,8H2. The summed E-state index contributed by atoms with van der Waals surface area (Å²) in [5.74, 6) is 0. The molecule has 0 aromatic carbocycles. The fraction of sp³-hybridized carbons (Fsp3) is 0.667. The summed E-state index contributed by atoms with van der Waals surface area (Å²) >= 11 is 0. The van der Waals surface area contributed by atoms with Crippen molar-refractivity contribution in [1.82, 2.24) is 5.32 Å². The first-order valence-corrected chi connectivity index (χ1v) is 4.06. The largest absolute Gasteiger partial charge is 0.312 e. The van der Waals surface area contributed by atoms with Crippen LogP contribution in [0.2, 0.25) is 0 Å². The molecular formula is C9H14N2. The molecule has 0 radical (unpaired) electrons. The molecule has 0 aromatic rings. The van der Waals surface area contributed by atoms with Crippen LogP contribution in [0.3, 0.4) is 0 Å². The summed E-state index contributed by atoms with van der Waals surface area (Å²) in [7, 11) is 0.